The van der Waals surface area contributed by atoms with Gasteiger partial charge in [-0.05, 0) is 39.2 Å². The van der Waals surface area contributed by atoms with E-state index in [1.165, 1.54) is 51.4 Å². The summed E-state index contributed by atoms with van der Waals surface area (Å²) in [6.45, 7) is 5.13. The fraction of sp³-hybridized carbons (Fsp3) is 0.944. The molecule has 1 saturated heterocycles. The third-order valence-corrected chi connectivity index (χ3v) is 4.27. The summed E-state index contributed by atoms with van der Waals surface area (Å²) in [5.74, 6) is 0. The van der Waals surface area contributed by atoms with Gasteiger partial charge in [-0.3, -0.25) is 5.32 Å². The topological polar surface area (TPSA) is 47.6 Å². The van der Waals surface area contributed by atoms with Crippen molar-refractivity contribution in [3.63, 3.8) is 0 Å². The van der Waals surface area contributed by atoms with Crippen LogP contribution < -0.4 is 5.32 Å². The molecule has 2 atom stereocenters. The monoisotopic (exact) mass is 313 g/mol. The van der Waals surface area contributed by atoms with Gasteiger partial charge in [0.2, 0.25) is 0 Å². The first kappa shape index (κ1) is 19.3. The van der Waals surface area contributed by atoms with Gasteiger partial charge in [0, 0.05) is 0 Å². The maximum absolute atomic E-state index is 11.6. The summed E-state index contributed by atoms with van der Waals surface area (Å²) in [4.78, 5) is 11.6. The van der Waals surface area contributed by atoms with Crippen molar-refractivity contribution in [1.82, 2.24) is 5.32 Å². The highest BCUT2D eigenvalue weighted by Crippen LogP contribution is 2.13. The van der Waals surface area contributed by atoms with E-state index in [9.17, 15) is 4.79 Å². The molecule has 0 spiro atoms. The van der Waals surface area contributed by atoms with Crippen LogP contribution in [-0.4, -0.2) is 25.0 Å². The van der Waals surface area contributed by atoms with Crippen molar-refractivity contribution < 1.29 is 14.3 Å². The predicted octanol–water partition coefficient (Wildman–Crippen LogP) is 5.16. The molecule has 0 radical (unpaired) electrons. The van der Waals surface area contributed by atoms with E-state index >= 15 is 0 Å². The second-order valence-electron chi connectivity index (χ2n) is 6.50. The number of unbranched alkanes of at least 4 members (excludes halogenated alkanes) is 8. The lowest BCUT2D eigenvalue weighted by atomic mass is 10.1. The molecule has 0 aromatic heterocycles. The Balaban J connectivity index is 1.88. The summed E-state index contributed by atoms with van der Waals surface area (Å²) >= 11 is 0. The number of rotatable bonds is 12. The lowest BCUT2D eigenvalue weighted by Crippen LogP contribution is -2.29. The third kappa shape index (κ3) is 10.0. The Morgan fingerprint density at radius 2 is 1.73 bits per heavy atom. The third-order valence-electron chi connectivity index (χ3n) is 4.27. The molecule has 4 nitrogen and oxygen atoms in total. The minimum atomic E-state index is -0.525. The van der Waals surface area contributed by atoms with Crippen molar-refractivity contribution in [2.75, 3.05) is 6.54 Å². The van der Waals surface area contributed by atoms with Crippen LogP contribution in [0.1, 0.15) is 90.9 Å². The lowest BCUT2D eigenvalue weighted by molar-refractivity contribution is -0.00330. The molecule has 1 fully saturated rings. The lowest BCUT2D eigenvalue weighted by Gasteiger charge is -2.16. The zero-order valence-electron chi connectivity index (χ0n) is 14.6. The largest absolute Gasteiger partial charge is 0.510 e. The first-order valence-electron chi connectivity index (χ1n) is 9.33. The van der Waals surface area contributed by atoms with Crippen molar-refractivity contribution in [3.8, 4) is 0 Å². The van der Waals surface area contributed by atoms with Gasteiger partial charge in [-0.2, -0.15) is 0 Å². The van der Waals surface area contributed by atoms with Gasteiger partial charge < -0.3 is 9.47 Å². The van der Waals surface area contributed by atoms with E-state index < -0.39 is 6.16 Å². The first-order chi connectivity index (χ1) is 10.7. The van der Waals surface area contributed by atoms with Crippen LogP contribution in [0.5, 0.6) is 0 Å². The highest BCUT2D eigenvalue weighted by atomic mass is 16.7. The van der Waals surface area contributed by atoms with Gasteiger partial charge in [0.1, 0.15) is 6.10 Å². The minimum Gasteiger partial charge on any atom is -0.431 e. The zero-order chi connectivity index (χ0) is 16.0. The number of ether oxygens (including phenoxy) is 2. The average Bonchev–Trinajstić information content (AvgIpc) is 2.98. The Hall–Kier alpha value is -0.770. The number of nitrogens with one attached hydrogen (secondary N) is 1. The standard InChI is InChI=1S/C18H35NO3/c1-3-4-5-6-7-8-9-10-11-13-16(2)21-18(20)22-17-14-12-15-19-17/h16-17,19H,3-15H2,1-2H3. The zero-order valence-corrected chi connectivity index (χ0v) is 14.6. The fourth-order valence-corrected chi connectivity index (χ4v) is 2.86. The predicted molar refractivity (Wildman–Crippen MR) is 89.9 cm³/mol. The first-order valence-corrected chi connectivity index (χ1v) is 9.33. The molecule has 0 aliphatic carbocycles. The SMILES string of the molecule is CCCCCCCCCCCC(C)OC(=O)OC1CCCN1. The smallest absolute Gasteiger partial charge is 0.431 e. The maximum atomic E-state index is 11.6. The van der Waals surface area contributed by atoms with Crippen LogP contribution >= 0.6 is 0 Å². The van der Waals surface area contributed by atoms with E-state index in [-0.39, 0.29) is 12.3 Å². The van der Waals surface area contributed by atoms with Gasteiger partial charge in [-0.1, -0.05) is 58.3 Å². The molecule has 0 aromatic rings. The van der Waals surface area contributed by atoms with Gasteiger partial charge in [-0.15, -0.1) is 0 Å². The normalized spacial score (nSPS) is 19.1. The van der Waals surface area contributed by atoms with E-state index in [1.54, 1.807) is 0 Å². The van der Waals surface area contributed by atoms with Crippen molar-refractivity contribution >= 4 is 6.16 Å². The van der Waals surface area contributed by atoms with Crippen LogP contribution in [0, 0.1) is 0 Å². The van der Waals surface area contributed by atoms with E-state index in [0.717, 1.165) is 32.2 Å². The van der Waals surface area contributed by atoms with E-state index in [0.29, 0.717) is 0 Å². The molecule has 1 heterocycles. The molecule has 1 aliphatic heterocycles. The fourth-order valence-electron chi connectivity index (χ4n) is 2.86. The second-order valence-corrected chi connectivity index (χ2v) is 6.50. The van der Waals surface area contributed by atoms with Crippen LogP contribution in [0.4, 0.5) is 4.79 Å². The summed E-state index contributed by atoms with van der Waals surface area (Å²) < 4.78 is 10.5. The van der Waals surface area contributed by atoms with Gasteiger partial charge in [0.15, 0.2) is 6.23 Å². The molecule has 0 saturated carbocycles. The molecule has 1 rings (SSSR count). The van der Waals surface area contributed by atoms with Crippen LogP contribution in [0.25, 0.3) is 0 Å². The molecule has 0 amide bonds. The van der Waals surface area contributed by atoms with Gasteiger partial charge >= 0.3 is 6.16 Å². The summed E-state index contributed by atoms with van der Waals surface area (Å²) in [5, 5.41) is 3.12. The van der Waals surface area contributed by atoms with Crippen molar-refractivity contribution in [2.24, 2.45) is 0 Å². The summed E-state index contributed by atoms with van der Waals surface area (Å²) in [6, 6.07) is 0. The minimum absolute atomic E-state index is 0.0431. The molecular weight excluding hydrogens is 278 g/mol. The Morgan fingerprint density at radius 3 is 2.32 bits per heavy atom. The molecule has 2 unspecified atom stereocenters. The van der Waals surface area contributed by atoms with Crippen molar-refractivity contribution in [3.05, 3.63) is 0 Å². The number of carbonyl (C=O) groups is 1. The van der Waals surface area contributed by atoms with Gasteiger partial charge in [-0.25, -0.2) is 4.79 Å². The van der Waals surface area contributed by atoms with Crippen molar-refractivity contribution in [2.45, 2.75) is 103 Å². The van der Waals surface area contributed by atoms with Crippen LogP contribution in [-0.2, 0) is 9.47 Å². The molecule has 1 aliphatic rings. The molecule has 0 aromatic carbocycles. The summed E-state index contributed by atoms with van der Waals surface area (Å²) in [7, 11) is 0. The number of hydrogen-bond donors (Lipinski definition) is 1. The van der Waals surface area contributed by atoms with Gasteiger partial charge in [0.05, 0.1) is 0 Å². The van der Waals surface area contributed by atoms with Crippen LogP contribution in [0.3, 0.4) is 0 Å². The van der Waals surface area contributed by atoms with E-state index in [2.05, 4.69) is 12.2 Å². The average molecular weight is 313 g/mol. The molecule has 22 heavy (non-hydrogen) atoms. The molecule has 4 heteroatoms. The molecule has 1 N–H and O–H groups in total. The Bertz CT molecular complexity index is 278. The van der Waals surface area contributed by atoms with E-state index in [4.69, 9.17) is 9.47 Å². The van der Waals surface area contributed by atoms with E-state index in [1.807, 2.05) is 6.92 Å². The van der Waals surface area contributed by atoms with Crippen LogP contribution in [0.2, 0.25) is 0 Å². The highest BCUT2D eigenvalue weighted by molar-refractivity contribution is 5.60. The highest BCUT2D eigenvalue weighted by Gasteiger charge is 2.20. The number of carbonyl (C=O) groups excluding carboxylic acids is 1. The molecular formula is C18H35NO3. The maximum Gasteiger partial charge on any atom is 0.510 e. The molecule has 0 bridgehead atoms. The Kier molecular flexibility index (Phi) is 11.2. The summed E-state index contributed by atoms with van der Waals surface area (Å²) in [6.07, 6.45) is 14.0. The Morgan fingerprint density at radius 1 is 1.09 bits per heavy atom. The summed E-state index contributed by atoms with van der Waals surface area (Å²) in [5.41, 5.74) is 0. The molecule has 130 valence electrons. The second kappa shape index (κ2) is 12.7. The van der Waals surface area contributed by atoms with Gasteiger partial charge in [0.25, 0.3) is 0 Å². The quantitative estimate of drug-likeness (QED) is 0.399. The van der Waals surface area contributed by atoms with Crippen molar-refractivity contribution in [1.29, 1.82) is 0 Å². The van der Waals surface area contributed by atoms with Crippen LogP contribution in [0.15, 0.2) is 0 Å². The Labute approximate surface area is 136 Å². The number of hydrogen-bond acceptors (Lipinski definition) is 4.